The lowest BCUT2D eigenvalue weighted by molar-refractivity contribution is 0.255. The predicted molar refractivity (Wildman–Crippen MR) is 140 cm³/mol. The van der Waals surface area contributed by atoms with Gasteiger partial charge in [0.2, 0.25) is 0 Å². The van der Waals surface area contributed by atoms with Gasteiger partial charge in [0.25, 0.3) is 0 Å². The highest BCUT2D eigenvalue weighted by atomic mass is 16.5. The Morgan fingerprint density at radius 2 is 1.24 bits per heavy atom. The zero-order chi connectivity index (χ0) is 23.1. The number of nitrogens with one attached hydrogen (secondary N) is 4. The number of hydrogen-bond acceptors (Lipinski definition) is 6. The molecule has 4 N–H and O–H groups in total. The predicted octanol–water partition coefficient (Wildman–Crippen LogP) is 5.97. The van der Waals surface area contributed by atoms with Crippen LogP contribution in [0.3, 0.4) is 0 Å². The van der Waals surface area contributed by atoms with Gasteiger partial charge in [-0.1, -0.05) is 24.3 Å². The standard InChI is InChI=1S/C28H33N5O/c1-3-34-22-8-4-19(5-9-22)27-29-24-11-7-21(17-26(24)31-27)28-30-23-10-6-20(16-25(23)32-28)18-12-14-33(2)15-13-18/h4-11,16-18,27-32H,3,12-15H2,1-2H3. The van der Waals surface area contributed by atoms with E-state index in [0.717, 1.165) is 17.1 Å². The van der Waals surface area contributed by atoms with Crippen LogP contribution in [0, 0.1) is 0 Å². The molecule has 6 nitrogen and oxygen atoms in total. The van der Waals surface area contributed by atoms with E-state index in [1.807, 2.05) is 19.1 Å². The Balaban J connectivity index is 1.14. The fraction of sp³-hybridized carbons (Fsp3) is 0.357. The highest BCUT2D eigenvalue weighted by molar-refractivity contribution is 5.79. The number of ether oxygens (including phenoxy) is 1. The normalized spacial score (nSPS) is 21.6. The van der Waals surface area contributed by atoms with Crippen LogP contribution in [0.25, 0.3) is 0 Å². The molecule has 6 heteroatoms. The Morgan fingerprint density at radius 3 is 1.88 bits per heavy atom. The molecule has 2 unspecified atom stereocenters. The Labute approximate surface area is 201 Å². The fourth-order valence-corrected chi connectivity index (χ4v) is 5.34. The number of hydrogen-bond donors (Lipinski definition) is 4. The summed E-state index contributed by atoms with van der Waals surface area (Å²) in [5.74, 6) is 1.57. The molecule has 3 aliphatic rings. The van der Waals surface area contributed by atoms with Gasteiger partial charge in [-0.2, -0.15) is 0 Å². The highest BCUT2D eigenvalue weighted by Gasteiger charge is 2.27. The summed E-state index contributed by atoms with van der Waals surface area (Å²) in [6, 6.07) is 21.8. The largest absolute Gasteiger partial charge is 0.494 e. The number of anilines is 4. The van der Waals surface area contributed by atoms with Crippen molar-refractivity contribution in [3.63, 3.8) is 0 Å². The maximum atomic E-state index is 5.57. The second-order valence-electron chi connectivity index (χ2n) is 9.63. The molecule has 0 spiro atoms. The molecule has 1 saturated heterocycles. The third-order valence-electron chi connectivity index (χ3n) is 7.33. The number of nitrogens with zero attached hydrogens (tertiary/aromatic N) is 1. The second kappa shape index (κ2) is 8.76. The molecule has 176 valence electrons. The van der Waals surface area contributed by atoms with Crippen molar-refractivity contribution in [1.82, 2.24) is 4.90 Å². The van der Waals surface area contributed by atoms with Gasteiger partial charge in [-0.25, -0.2) is 0 Å². The third-order valence-corrected chi connectivity index (χ3v) is 7.33. The van der Waals surface area contributed by atoms with E-state index in [9.17, 15) is 0 Å². The first-order chi connectivity index (χ1) is 16.7. The lowest BCUT2D eigenvalue weighted by Gasteiger charge is -2.29. The average molecular weight is 456 g/mol. The van der Waals surface area contributed by atoms with E-state index < -0.39 is 0 Å². The summed E-state index contributed by atoms with van der Waals surface area (Å²) >= 11 is 0. The van der Waals surface area contributed by atoms with Gasteiger partial charge in [-0.3, -0.25) is 0 Å². The van der Waals surface area contributed by atoms with Crippen molar-refractivity contribution in [2.45, 2.75) is 38.0 Å². The topological polar surface area (TPSA) is 60.6 Å². The van der Waals surface area contributed by atoms with E-state index in [1.54, 1.807) is 0 Å². The average Bonchev–Trinajstić information content (AvgIpc) is 3.48. The number of benzene rings is 3. The van der Waals surface area contributed by atoms with Crippen molar-refractivity contribution in [2.75, 3.05) is 48.0 Å². The van der Waals surface area contributed by atoms with Crippen LogP contribution in [0.1, 0.15) is 54.7 Å². The minimum Gasteiger partial charge on any atom is -0.494 e. The molecule has 0 amide bonds. The first-order valence-corrected chi connectivity index (χ1v) is 12.4. The van der Waals surface area contributed by atoms with Gasteiger partial charge in [0.1, 0.15) is 18.1 Å². The van der Waals surface area contributed by atoms with Crippen molar-refractivity contribution in [3.8, 4) is 5.75 Å². The molecular weight excluding hydrogens is 422 g/mol. The van der Waals surface area contributed by atoms with Crippen LogP contribution in [0.2, 0.25) is 0 Å². The Kier molecular flexibility index (Phi) is 5.46. The van der Waals surface area contributed by atoms with Crippen LogP contribution in [-0.2, 0) is 0 Å². The van der Waals surface area contributed by atoms with Gasteiger partial charge in [0.05, 0.1) is 29.4 Å². The molecule has 3 aliphatic heterocycles. The smallest absolute Gasteiger partial charge is 0.123 e. The van der Waals surface area contributed by atoms with E-state index in [-0.39, 0.29) is 12.3 Å². The molecule has 2 atom stereocenters. The summed E-state index contributed by atoms with van der Waals surface area (Å²) in [4.78, 5) is 2.43. The van der Waals surface area contributed by atoms with Crippen LogP contribution < -0.4 is 26.0 Å². The molecule has 0 saturated carbocycles. The molecule has 0 aromatic heterocycles. The molecule has 1 fully saturated rings. The molecule has 6 rings (SSSR count). The molecule has 0 aliphatic carbocycles. The lowest BCUT2D eigenvalue weighted by Crippen LogP contribution is -2.29. The molecular formula is C28H33N5O. The first kappa shape index (κ1) is 21.2. The van der Waals surface area contributed by atoms with Gasteiger partial charge in [0, 0.05) is 0 Å². The second-order valence-corrected chi connectivity index (χ2v) is 9.63. The fourth-order valence-electron chi connectivity index (χ4n) is 5.34. The quantitative estimate of drug-likeness (QED) is 0.380. The van der Waals surface area contributed by atoms with Gasteiger partial charge in [0.15, 0.2) is 0 Å². The van der Waals surface area contributed by atoms with E-state index in [1.165, 1.54) is 54.0 Å². The Hall–Kier alpha value is -3.38. The number of likely N-dealkylation sites (tertiary alicyclic amines) is 1. The molecule has 34 heavy (non-hydrogen) atoms. The zero-order valence-electron chi connectivity index (χ0n) is 19.9. The SMILES string of the molecule is CCOc1ccc(C2Nc3ccc(C4Nc5ccc(C6CCN(C)CC6)cc5N4)cc3N2)cc1. The maximum Gasteiger partial charge on any atom is 0.123 e. The molecule has 3 heterocycles. The van der Waals surface area contributed by atoms with Gasteiger partial charge in [-0.05, 0) is 98.9 Å². The molecule has 0 bridgehead atoms. The van der Waals surface area contributed by atoms with Crippen molar-refractivity contribution < 1.29 is 4.74 Å². The van der Waals surface area contributed by atoms with E-state index in [0.29, 0.717) is 12.5 Å². The molecule has 0 radical (unpaired) electrons. The number of rotatable bonds is 5. The van der Waals surface area contributed by atoms with E-state index in [2.05, 4.69) is 81.7 Å². The van der Waals surface area contributed by atoms with Crippen LogP contribution in [0.4, 0.5) is 22.7 Å². The van der Waals surface area contributed by atoms with Gasteiger partial charge >= 0.3 is 0 Å². The summed E-state index contributed by atoms with van der Waals surface area (Å²) in [5, 5.41) is 14.6. The van der Waals surface area contributed by atoms with Crippen LogP contribution >= 0.6 is 0 Å². The first-order valence-electron chi connectivity index (χ1n) is 12.4. The van der Waals surface area contributed by atoms with E-state index in [4.69, 9.17) is 4.74 Å². The summed E-state index contributed by atoms with van der Waals surface area (Å²) in [6.07, 6.45) is 2.61. The monoisotopic (exact) mass is 455 g/mol. The summed E-state index contributed by atoms with van der Waals surface area (Å²) in [7, 11) is 2.22. The van der Waals surface area contributed by atoms with Crippen molar-refractivity contribution in [3.05, 3.63) is 77.4 Å². The Morgan fingerprint density at radius 1 is 0.706 bits per heavy atom. The maximum absolute atomic E-state index is 5.57. The minimum absolute atomic E-state index is 0.0553. The highest BCUT2D eigenvalue weighted by Crippen LogP contribution is 2.42. The van der Waals surface area contributed by atoms with Crippen molar-refractivity contribution in [2.24, 2.45) is 0 Å². The Bertz CT molecular complexity index is 1170. The molecule has 3 aromatic rings. The lowest BCUT2D eigenvalue weighted by atomic mass is 9.89. The minimum atomic E-state index is 0.0553. The summed E-state index contributed by atoms with van der Waals surface area (Å²) in [6.45, 7) is 5.05. The number of piperidine rings is 1. The van der Waals surface area contributed by atoms with Gasteiger partial charge < -0.3 is 30.9 Å². The van der Waals surface area contributed by atoms with Crippen LogP contribution in [0.5, 0.6) is 5.75 Å². The van der Waals surface area contributed by atoms with Crippen molar-refractivity contribution in [1.29, 1.82) is 0 Å². The zero-order valence-corrected chi connectivity index (χ0v) is 19.9. The van der Waals surface area contributed by atoms with Crippen molar-refractivity contribution >= 4 is 22.7 Å². The summed E-state index contributed by atoms with van der Waals surface area (Å²) in [5.41, 5.74) is 8.51. The number of fused-ring (bicyclic) bond motifs is 2. The third kappa shape index (κ3) is 4.03. The van der Waals surface area contributed by atoms with Crippen LogP contribution in [0.15, 0.2) is 60.7 Å². The summed E-state index contributed by atoms with van der Waals surface area (Å²) < 4.78 is 5.57. The van der Waals surface area contributed by atoms with Crippen LogP contribution in [-0.4, -0.2) is 31.6 Å². The molecule has 3 aromatic carbocycles. The van der Waals surface area contributed by atoms with Gasteiger partial charge in [-0.15, -0.1) is 0 Å². The van der Waals surface area contributed by atoms with E-state index >= 15 is 0 Å².